The highest BCUT2D eigenvalue weighted by molar-refractivity contribution is 6.32. The van der Waals surface area contributed by atoms with Crippen molar-refractivity contribution in [2.45, 2.75) is 6.54 Å². The number of hydrogen-bond donors (Lipinski definition) is 2. The number of phenolic OH excluding ortho intramolecular Hbond substituents is 1. The Kier molecular flexibility index (Phi) is 4.23. The van der Waals surface area contributed by atoms with Gasteiger partial charge >= 0.3 is 0 Å². The van der Waals surface area contributed by atoms with Gasteiger partial charge < -0.3 is 10.4 Å². The summed E-state index contributed by atoms with van der Waals surface area (Å²) in [7, 11) is 0. The van der Waals surface area contributed by atoms with Crippen LogP contribution < -0.4 is 5.32 Å². The number of nitro benzene ring substituents is 1. The number of rotatable bonds is 4. The maximum absolute atomic E-state index is 13.7. The molecular weight excluding hydrogens is 306 g/mol. The first-order valence-electron chi connectivity index (χ1n) is 5.74. The molecule has 2 N–H and O–H groups in total. The van der Waals surface area contributed by atoms with Gasteiger partial charge in [0.2, 0.25) is 0 Å². The molecule has 0 radical (unpaired) electrons. The largest absolute Gasteiger partial charge is 0.506 e. The molecule has 0 aromatic heterocycles. The van der Waals surface area contributed by atoms with Crippen LogP contribution in [0.3, 0.4) is 0 Å². The fraction of sp³-hybridized carbons (Fsp3) is 0.0769. The third-order valence-corrected chi connectivity index (χ3v) is 3.06. The van der Waals surface area contributed by atoms with Gasteiger partial charge in [-0.3, -0.25) is 10.1 Å². The van der Waals surface area contributed by atoms with Crippen LogP contribution in [0, 0.1) is 21.7 Å². The summed E-state index contributed by atoms with van der Waals surface area (Å²) >= 11 is 5.72. The predicted octanol–water partition coefficient (Wildman–Crippen LogP) is 3.84. The SMILES string of the molecule is O=[N+]([O-])c1cc(F)cc(F)c1NCc1cccc(Cl)c1O. The van der Waals surface area contributed by atoms with E-state index in [1.807, 2.05) is 0 Å². The maximum atomic E-state index is 13.7. The fourth-order valence-electron chi connectivity index (χ4n) is 1.77. The summed E-state index contributed by atoms with van der Waals surface area (Å²) in [5.41, 5.74) is -0.865. The van der Waals surface area contributed by atoms with Crippen molar-refractivity contribution in [1.82, 2.24) is 0 Å². The number of para-hydroxylation sites is 1. The van der Waals surface area contributed by atoms with Crippen LogP contribution in [0.1, 0.15) is 5.56 Å². The summed E-state index contributed by atoms with van der Waals surface area (Å²) in [5, 5.41) is 23.1. The van der Waals surface area contributed by atoms with Crippen LogP contribution in [-0.4, -0.2) is 10.0 Å². The maximum Gasteiger partial charge on any atom is 0.298 e. The normalized spacial score (nSPS) is 10.4. The number of phenols is 1. The van der Waals surface area contributed by atoms with Gasteiger partial charge in [0.25, 0.3) is 5.69 Å². The van der Waals surface area contributed by atoms with Crippen molar-refractivity contribution in [3.63, 3.8) is 0 Å². The summed E-state index contributed by atoms with van der Waals surface area (Å²) in [4.78, 5) is 9.92. The highest BCUT2D eigenvalue weighted by Crippen LogP contribution is 2.31. The third kappa shape index (κ3) is 3.19. The molecule has 8 heteroatoms. The number of aromatic hydroxyl groups is 1. The molecule has 2 rings (SSSR count). The molecule has 0 unspecified atom stereocenters. The quantitative estimate of drug-likeness (QED) is 0.664. The topological polar surface area (TPSA) is 75.4 Å². The minimum Gasteiger partial charge on any atom is -0.506 e. The lowest BCUT2D eigenvalue weighted by molar-refractivity contribution is -0.384. The first-order chi connectivity index (χ1) is 9.90. The monoisotopic (exact) mass is 314 g/mol. The van der Waals surface area contributed by atoms with Crippen molar-refractivity contribution in [3.8, 4) is 5.75 Å². The summed E-state index contributed by atoms with van der Waals surface area (Å²) in [6.07, 6.45) is 0. The molecule has 0 aliphatic heterocycles. The minimum atomic E-state index is -1.09. The van der Waals surface area contributed by atoms with Crippen molar-refractivity contribution in [1.29, 1.82) is 0 Å². The van der Waals surface area contributed by atoms with E-state index < -0.39 is 27.9 Å². The van der Waals surface area contributed by atoms with Crippen LogP contribution in [0.2, 0.25) is 5.02 Å². The number of benzene rings is 2. The summed E-state index contributed by atoms with van der Waals surface area (Å²) in [6, 6.07) is 5.69. The first kappa shape index (κ1) is 15.0. The van der Waals surface area contributed by atoms with E-state index in [9.17, 15) is 24.0 Å². The fourth-order valence-corrected chi connectivity index (χ4v) is 1.96. The Morgan fingerprint density at radius 2 is 2.05 bits per heavy atom. The Morgan fingerprint density at radius 1 is 1.33 bits per heavy atom. The first-order valence-corrected chi connectivity index (χ1v) is 6.11. The van der Waals surface area contributed by atoms with Gasteiger partial charge in [-0.15, -0.1) is 0 Å². The molecule has 0 atom stereocenters. The molecule has 2 aromatic carbocycles. The molecular formula is C13H9ClF2N2O3. The van der Waals surface area contributed by atoms with Gasteiger partial charge in [-0.2, -0.15) is 0 Å². The van der Waals surface area contributed by atoms with Crippen molar-refractivity contribution < 1.29 is 18.8 Å². The van der Waals surface area contributed by atoms with Crippen LogP contribution in [0.5, 0.6) is 5.75 Å². The van der Waals surface area contributed by atoms with E-state index in [1.165, 1.54) is 12.1 Å². The summed E-state index contributed by atoms with van der Waals surface area (Å²) in [6.45, 7) is -0.115. The standard InChI is InChI=1S/C13H9ClF2N2O3/c14-9-3-1-2-7(13(9)19)6-17-12-10(16)4-8(15)5-11(12)18(20)21/h1-5,17,19H,6H2. The number of nitrogens with zero attached hydrogens (tertiary/aromatic N) is 1. The van der Waals surface area contributed by atoms with Gasteiger partial charge in [0, 0.05) is 18.2 Å². The number of anilines is 1. The van der Waals surface area contributed by atoms with Crippen molar-refractivity contribution in [2.75, 3.05) is 5.32 Å². The second-order valence-corrected chi connectivity index (χ2v) is 4.55. The highest BCUT2D eigenvalue weighted by Gasteiger charge is 2.20. The molecule has 0 fully saturated rings. The average molecular weight is 315 g/mol. The zero-order valence-corrected chi connectivity index (χ0v) is 11.2. The molecule has 2 aromatic rings. The molecule has 0 bridgehead atoms. The number of nitro groups is 1. The van der Waals surface area contributed by atoms with Gasteiger partial charge in [0.15, 0.2) is 5.82 Å². The molecule has 0 aliphatic carbocycles. The number of nitrogens with one attached hydrogen (secondary N) is 1. The molecule has 0 saturated carbocycles. The van der Waals surface area contributed by atoms with E-state index in [4.69, 9.17) is 11.6 Å². The van der Waals surface area contributed by atoms with Crippen molar-refractivity contribution in [2.24, 2.45) is 0 Å². The Balaban J connectivity index is 2.32. The van der Waals surface area contributed by atoms with Crippen LogP contribution in [-0.2, 0) is 6.54 Å². The van der Waals surface area contributed by atoms with E-state index in [0.29, 0.717) is 17.7 Å². The van der Waals surface area contributed by atoms with E-state index in [2.05, 4.69) is 5.32 Å². The number of halogens is 3. The van der Waals surface area contributed by atoms with Crippen LogP contribution in [0.4, 0.5) is 20.2 Å². The van der Waals surface area contributed by atoms with Crippen molar-refractivity contribution >= 4 is 23.0 Å². The lowest BCUT2D eigenvalue weighted by Crippen LogP contribution is -2.06. The van der Waals surface area contributed by atoms with Gasteiger partial charge in [-0.1, -0.05) is 23.7 Å². The van der Waals surface area contributed by atoms with E-state index in [-0.39, 0.29) is 17.3 Å². The highest BCUT2D eigenvalue weighted by atomic mass is 35.5. The van der Waals surface area contributed by atoms with Crippen LogP contribution in [0.15, 0.2) is 30.3 Å². The van der Waals surface area contributed by atoms with Gasteiger partial charge in [0.05, 0.1) is 16.0 Å². The smallest absolute Gasteiger partial charge is 0.298 e. The molecule has 21 heavy (non-hydrogen) atoms. The summed E-state index contributed by atoms with van der Waals surface area (Å²) < 4.78 is 26.7. The molecule has 5 nitrogen and oxygen atoms in total. The van der Waals surface area contributed by atoms with E-state index in [1.54, 1.807) is 6.07 Å². The molecule has 0 spiro atoms. The second-order valence-electron chi connectivity index (χ2n) is 4.14. The second kappa shape index (κ2) is 5.92. The zero-order chi connectivity index (χ0) is 15.6. The zero-order valence-electron chi connectivity index (χ0n) is 10.4. The van der Waals surface area contributed by atoms with Crippen LogP contribution in [0.25, 0.3) is 0 Å². The Hall–Kier alpha value is -2.41. The average Bonchev–Trinajstić information content (AvgIpc) is 2.41. The van der Waals surface area contributed by atoms with Gasteiger partial charge in [-0.05, 0) is 6.07 Å². The molecule has 110 valence electrons. The predicted molar refractivity (Wildman–Crippen MR) is 73.5 cm³/mol. The summed E-state index contributed by atoms with van der Waals surface area (Å²) in [5.74, 6) is -2.35. The third-order valence-electron chi connectivity index (χ3n) is 2.76. The molecule has 0 heterocycles. The Bertz CT molecular complexity index is 710. The van der Waals surface area contributed by atoms with Gasteiger partial charge in [0.1, 0.15) is 17.3 Å². The van der Waals surface area contributed by atoms with E-state index >= 15 is 0 Å². The Morgan fingerprint density at radius 3 is 2.71 bits per heavy atom. The van der Waals surface area contributed by atoms with Gasteiger partial charge in [-0.25, -0.2) is 8.78 Å². The minimum absolute atomic E-state index is 0.100. The Labute approximate surface area is 122 Å². The molecule has 0 saturated heterocycles. The van der Waals surface area contributed by atoms with E-state index in [0.717, 1.165) is 0 Å². The lowest BCUT2D eigenvalue weighted by atomic mass is 10.2. The molecule has 0 amide bonds. The van der Waals surface area contributed by atoms with Crippen LogP contribution >= 0.6 is 11.6 Å². The van der Waals surface area contributed by atoms with Crippen molar-refractivity contribution in [3.05, 3.63) is 62.7 Å². The lowest BCUT2D eigenvalue weighted by Gasteiger charge is -2.10. The number of hydrogen-bond acceptors (Lipinski definition) is 4. The molecule has 0 aliphatic rings.